The van der Waals surface area contributed by atoms with Gasteiger partial charge in [0, 0.05) is 11.0 Å². The molecule has 2 rings (SSSR count). The summed E-state index contributed by atoms with van der Waals surface area (Å²) in [6, 6.07) is 4.13. The van der Waals surface area contributed by atoms with E-state index >= 15 is 0 Å². The number of hydrogen-bond acceptors (Lipinski definition) is 5. The molecule has 8 heteroatoms. The van der Waals surface area contributed by atoms with E-state index in [0.29, 0.717) is 16.8 Å². The molecule has 1 aromatic heterocycles. The summed E-state index contributed by atoms with van der Waals surface area (Å²) < 4.78 is 20.7. The van der Waals surface area contributed by atoms with Gasteiger partial charge in [0.15, 0.2) is 12.4 Å². The van der Waals surface area contributed by atoms with Gasteiger partial charge in [-0.3, -0.25) is 0 Å². The van der Waals surface area contributed by atoms with Crippen molar-refractivity contribution >= 4 is 21.9 Å². The first-order chi connectivity index (χ1) is 9.61. The Kier molecular flexibility index (Phi) is 4.78. The molecule has 0 bridgehead atoms. The van der Waals surface area contributed by atoms with Crippen LogP contribution in [0.3, 0.4) is 0 Å². The van der Waals surface area contributed by atoms with Crippen molar-refractivity contribution in [3.63, 3.8) is 0 Å². The number of rotatable bonds is 5. The van der Waals surface area contributed by atoms with Crippen molar-refractivity contribution in [2.75, 3.05) is 0 Å². The normalized spacial score (nSPS) is 10.6. The fourth-order valence-corrected chi connectivity index (χ4v) is 1.91. The first-order valence-electron chi connectivity index (χ1n) is 5.99. The Morgan fingerprint density at radius 1 is 1.50 bits per heavy atom. The summed E-state index contributed by atoms with van der Waals surface area (Å²) in [6.07, 6.45) is 0.854. The number of aromatic nitrogens is 4. The highest BCUT2D eigenvalue weighted by molar-refractivity contribution is 9.10. The maximum absolute atomic E-state index is 13.6. The van der Waals surface area contributed by atoms with Crippen molar-refractivity contribution in [1.29, 1.82) is 0 Å². The molecule has 0 saturated carbocycles. The molecule has 106 valence electrons. The van der Waals surface area contributed by atoms with Crippen LogP contribution in [0.4, 0.5) is 4.39 Å². The number of hydrogen-bond donors (Lipinski definition) is 0. The van der Waals surface area contributed by atoms with Gasteiger partial charge in [-0.05, 0) is 35.0 Å². The van der Waals surface area contributed by atoms with E-state index in [4.69, 9.17) is 4.74 Å². The van der Waals surface area contributed by atoms with E-state index in [2.05, 4.69) is 31.5 Å². The maximum atomic E-state index is 13.6. The van der Waals surface area contributed by atoms with Gasteiger partial charge in [-0.25, -0.2) is 13.9 Å². The maximum Gasteiger partial charge on any atom is 0.341 e. The van der Waals surface area contributed by atoms with E-state index in [9.17, 15) is 9.18 Å². The lowest BCUT2D eigenvalue weighted by molar-refractivity contribution is 0.0451. The lowest BCUT2D eigenvalue weighted by Crippen LogP contribution is -2.12. The van der Waals surface area contributed by atoms with Crippen LogP contribution in [0.5, 0.6) is 0 Å². The average molecular weight is 343 g/mol. The SMILES string of the molecule is CCCn1nnnc1COC(=O)c1ccc(Br)cc1F. The zero-order valence-electron chi connectivity index (χ0n) is 10.7. The van der Waals surface area contributed by atoms with Crippen LogP contribution >= 0.6 is 15.9 Å². The van der Waals surface area contributed by atoms with Crippen LogP contribution < -0.4 is 0 Å². The van der Waals surface area contributed by atoms with Crippen molar-refractivity contribution < 1.29 is 13.9 Å². The molecule has 0 aliphatic carbocycles. The second-order valence-electron chi connectivity index (χ2n) is 4.02. The molecule has 0 amide bonds. The van der Waals surface area contributed by atoms with E-state index in [1.165, 1.54) is 12.1 Å². The predicted octanol–water partition coefficient (Wildman–Crippen LogP) is 2.34. The number of carbonyl (C=O) groups is 1. The van der Waals surface area contributed by atoms with Crippen LogP contribution in [-0.2, 0) is 17.9 Å². The van der Waals surface area contributed by atoms with Crippen molar-refractivity contribution in [2.24, 2.45) is 0 Å². The number of tetrazole rings is 1. The summed E-state index contributed by atoms with van der Waals surface area (Å²) in [6.45, 7) is 2.52. The topological polar surface area (TPSA) is 69.9 Å². The predicted molar refractivity (Wildman–Crippen MR) is 71.3 cm³/mol. The first kappa shape index (κ1) is 14.6. The molecule has 1 aromatic carbocycles. The fraction of sp³-hybridized carbons (Fsp3) is 0.333. The molecule has 0 saturated heterocycles. The van der Waals surface area contributed by atoms with Crippen molar-refractivity contribution in [1.82, 2.24) is 20.2 Å². The largest absolute Gasteiger partial charge is 0.454 e. The van der Waals surface area contributed by atoms with E-state index in [0.717, 1.165) is 6.42 Å². The molecular formula is C12H12BrFN4O2. The third-order valence-corrected chi connectivity index (χ3v) is 3.02. The first-order valence-corrected chi connectivity index (χ1v) is 6.78. The number of nitrogens with zero attached hydrogens (tertiary/aromatic N) is 4. The Morgan fingerprint density at radius 2 is 2.30 bits per heavy atom. The fourth-order valence-electron chi connectivity index (χ4n) is 1.57. The van der Waals surface area contributed by atoms with Crippen molar-refractivity contribution in [2.45, 2.75) is 26.5 Å². The Balaban J connectivity index is 2.03. The highest BCUT2D eigenvalue weighted by Gasteiger charge is 2.15. The van der Waals surface area contributed by atoms with Crippen molar-refractivity contribution in [3.05, 3.63) is 39.9 Å². The minimum atomic E-state index is -0.749. The van der Waals surface area contributed by atoms with E-state index in [1.54, 1.807) is 10.7 Å². The quantitative estimate of drug-likeness (QED) is 0.780. The Bertz CT molecular complexity index is 617. The molecule has 20 heavy (non-hydrogen) atoms. The standard InChI is InChI=1S/C12H12BrFN4O2/c1-2-5-18-11(15-16-17-18)7-20-12(19)9-4-3-8(13)6-10(9)14/h3-4,6H,2,5,7H2,1H3. The third-order valence-electron chi connectivity index (χ3n) is 2.52. The zero-order chi connectivity index (χ0) is 14.5. The van der Waals surface area contributed by atoms with Crippen LogP contribution in [-0.4, -0.2) is 26.2 Å². The van der Waals surface area contributed by atoms with Gasteiger partial charge in [0.25, 0.3) is 0 Å². The monoisotopic (exact) mass is 342 g/mol. The summed E-state index contributed by atoms with van der Waals surface area (Å²) in [4.78, 5) is 11.8. The van der Waals surface area contributed by atoms with Gasteiger partial charge in [-0.1, -0.05) is 22.9 Å². The summed E-state index contributed by atoms with van der Waals surface area (Å²) >= 11 is 3.12. The van der Waals surface area contributed by atoms with Crippen LogP contribution in [0.15, 0.2) is 22.7 Å². The number of carbonyl (C=O) groups excluding carboxylic acids is 1. The zero-order valence-corrected chi connectivity index (χ0v) is 12.3. The van der Waals surface area contributed by atoms with Gasteiger partial charge in [0.2, 0.25) is 0 Å². The Morgan fingerprint density at radius 3 is 3.00 bits per heavy atom. The van der Waals surface area contributed by atoms with Gasteiger partial charge in [0.1, 0.15) is 5.82 Å². The summed E-state index contributed by atoms with van der Waals surface area (Å²) in [5.74, 6) is -0.962. The van der Waals surface area contributed by atoms with Crippen LogP contribution in [0.1, 0.15) is 29.5 Å². The molecular weight excluding hydrogens is 331 g/mol. The number of esters is 1. The highest BCUT2D eigenvalue weighted by atomic mass is 79.9. The van der Waals surface area contributed by atoms with Crippen LogP contribution in [0.25, 0.3) is 0 Å². The molecule has 0 radical (unpaired) electrons. The van der Waals surface area contributed by atoms with E-state index in [1.807, 2.05) is 6.92 Å². The summed E-state index contributed by atoms with van der Waals surface area (Å²) in [5, 5.41) is 11.0. The number of ether oxygens (including phenoxy) is 1. The molecule has 0 aliphatic rings. The van der Waals surface area contributed by atoms with E-state index in [-0.39, 0.29) is 12.2 Å². The van der Waals surface area contributed by atoms with Crippen LogP contribution in [0.2, 0.25) is 0 Å². The van der Waals surface area contributed by atoms with E-state index < -0.39 is 11.8 Å². The van der Waals surface area contributed by atoms with Crippen LogP contribution in [0, 0.1) is 5.82 Å². The number of halogens is 2. The molecule has 0 spiro atoms. The summed E-state index contributed by atoms with van der Waals surface area (Å²) in [7, 11) is 0. The molecule has 0 unspecified atom stereocenters. The van der Waals surface area contributed by atoms with Gasteiger partial charge in [-0.15, -0.1) is 5.10 Å². The van der Waals surface area contributed by atoms with Gasteiger partial charge < -0.3 is 4.74 Å². The summed E-state index contributed by atoms with van der Waals surface area (Å²) in [5.41, 5.74) is -0.122. The minimum absolute atomic E-state index is 0.0959. The molecule has 0 N–H and O–H groups in total. The second-order valence-corrected chi connectivity index (χ2v) is 4.93. The second kappa shape index (κ2) is 6.56. The molecule has 0 fully saturated rings. The lowest BCUT2D eigenvalue weighted by Gasteiger charge is -2.06. The van der Waals surface area contributed by atoms with Gasteiger partial charge in [0.05, 0.1) is 5.56 Å². The third kappa shape index (κ3) is 3.38. The highest BCUT2D eigenvalue weighted by Crippen LogP contribution is 2.16. The molecule has 2 aromatic rings. The molecule has 1 heterocycles. The Hall–Kier alpha value is -1.83. The lowest BCUT2D eigenvalue weighted by atomic mass is 10.2. The van der Waals surface area contributed by atoms with Gasteiger partial charge >= 0.3 is 5.97 Å². The number of benzene rings is 1. The van der Waals surface area contributed by atoms with Crippen molar-refractivity contribution in [3.8, 4) is 0 Å². The minimum Gasteiger partial charge on any atom is -0.454 e. The number of aryl methyl sites for hydroxylation is 1. The molecule has 6 nitrogen and oxygen atoms in total. The average Bonchev–Trinajstić information content (AvgIpc) is 2.84. The Labute approximate surface area is 123 Å². The molecule has 0 atom stereocenters. The van der Waals surface area contributed by atoms with Gasteiger partial charge in [-0.2, -0.15) is 0 Å². The molecule has 0 aliphatic heterocycles. The smallest absolute Gasteiger partial charge is 0.341 e.